The van der Waals surface area contributed by atoms with Gasteiger partial charge in [0.15, 0.2) is 5.58 Å². The van der Waals surface area contributed by atoms with Gasteiger partial charge >= 0.3 is 0 Å². The van der Waals surface area contributed by atoms with Crippen molar-refractivity contribution in [2.75, 3.05) is 11.9 Å². The Hall–Kier alpha value is -3.68. The Morgan fingerprint density at radius 2 is 1.97 bits per heavy atom. The van der Waals surface area contributed by atoms with E-state index in [1.807, 2.05) is 24.3 Å². The highest BCUT2D eigenvalue weighted by Gasteiger charge is 2.17. The minimum atomic E-state index is -0.376. The lowest BCUT2D eigenvalue weighted by atomic mass is 10.0. The Balaban J connectivity index is 1.33. The fourth-order valence-electron chi connectivity index (χ4n) is 4.22. The summed E-state index contributed by atoms with van der Waals surface area (Å²) in [5, 5.41) is 7.10. The first-order chi connectivity index (χ1) is 16.1. The van der Waals surface area contributed by atoms with Crippen molar-refractivity contribution in [3.8, 4) is 22.5 Å². The van der Waals surface area contributed by atoms with Gasteiger partial charge in [0.05, 0.1) is 17.7 Å². The summed E-state index contributed by atoms with van der Waals surface area (Å²) in [6.07, 6.45) is 2.57. The minimum absolute atomic E-state index is 0.361. The number of oxazole rings is 1. The monoisotopic (exact) mass is 459 g/mol. The van der Waals surface area contributed by atoms with Crippen LogP contribution >= 0.6 is 11.6 Å². The number of nitrogens with one attached hydrogen (secondary N) is 3. The molecule has 0 aliphatic carbocycles. The van der Waals surface area contributed by atoms with E-state index in [-0.39, 0.29) is 5.82 Å². The first-order valence-electron chi connectivity index (χ1n) is 10.6. The first kappa shape index (κ1) is 20.0. The van der Waals surface area contributed by atoms with Gasteiger partial charge in [0, 0.05) is 28.4 Å². The van der Waals surface area contributed by atoms with Crippen molar-refractivity contribution in [2.45, 2.75) is 13.0 Å². The summed E-state index contributed by atoms with van der Waals surface area (Å²) in [5.41, 5.74) is 7.21. The molecule has 0 spiro atoms. The number of fused-ring (bicyclic) bond motifs is 2. The molecule has 33 heavy (non-hydrogen) atoms. The smallest absolute Gasteiger partial charge is 0.300 e. The minimum Gasteiger partial charge on any atom is -0.423 e. The normalized spacial score (nSPS) is 13.3. The molecule has 5 aromatic rings. The third kappa shape index (κ3) is 3.75. The summed E-state index contributed by atoms with van der Waals surface area (Å²) in [7, 11) is 0. The summed E-state index contributed by atoms with van der Waals surface area (Å²) < 4.78 is 20.3. The number of nitrogens with zero attached hydrogens (tertiary/aromatic N) is 2. The highest BCUT2D eigenvalue weighted by molar-refractivity contribution is 6.30. The van der Waals surface area contributed by atoms with E-state index in [1.54, 1.807) is 6.07 Å². The second kappa shape index (κ2) is 8.03. The van der Waals surface area contributed by atoms with Crippen LogP contribution in [0.25, 0.3) is 33.6 Å². The molecule has 3 aromatic carbocycles. The van der Waals surface area contributed by atoms with E-state index in [1.165, 1.54) is 29.6 Å². The maximum atomic E-state index is 14.5. The number of aromatic nitrogens is 3. The maximum absolute atomic E-state index is 14.5. The van der Waals surface area contributed by atoms with Crippen LogP contribution in [0.5, 0.6) is 0 Å². The SMILES string of the molecule is Fc1ccc(Cl)cc1-c1[nH]cnc1-c1ccc2oc(Nc3ccc4c(c3)CNCC4)nc2c1. The highest BCUT2D eigenvalue weighted by Crippen LogP contribution is 2.34. The van der Waals surface area contributed by atoms with Crippen LogP contribution in [0.15, 0.2) is 65.3 Å². The zero-order chi connectivity index (χ0) is 22.4. The molecule has 2 aromatic heterocycles. The molecule has 0 saturated carbocycles. The van der Waals surface area contributed by atoms with Crippen molar-refractivity contribution in [3.63, 3.8) is 0 Å². The second-order valence-electron chi connectivity index (χ2n) is 7.99. The van der Waals surface area contributed by atoms with Gasteiger partial charge in [-0.05, 0) is 72.6 Å². The lowest BCUT2D eigenvalue weighted by Crippen LogP contribution is -2.23. The van der Waals surface area contributed by atoms with Gasteiger partial charge in [0.1, 0.15) is 11.3 Å². The van der Waals surface area contributed by atoms with E-state index in [0.717, 1.165) is 30.8 Å². The van der Waals surface area contributed by atoms with Crippen LogP contribution in [-0.2, 0) is 13.0 Å². The van der Waals surface area contributed by atoms with Crippen LogP contribution in [0.1, 0.15) is 11.1 Å². The number of anilines is 2. The second-order valence-corrected chi connectivity index (χ2v) is 8.42. The molecule has 0 radical (unpaired) electrons. The van der Waals surface area contributed by atoms with Gasteiger partial charge in [0.25, 0.3) is 6.01 Å². The lowest BCUT2D eigenvalue weighted by molar-refractivity contribution is 0.622. The van der Waals surface area contributed by atoms with Gasteiger partial charge in [0.2, 0.25) is 0 Å². The zero-order valence-electron chi connectivity index (χ0n) is 17.5. The number of halogens is 2. The number of benzene rings is 3. The van der Waals surface area contributed by atoms with E-state index in [2.05, 4.69) is 37.7 Å². The predicted octanol–water partition coefficient (Wildman–Crippen LogP) is 6.07. The van der Waals surface area contributed by atoms with Gasteiger partial charge in [-0.15, -0.1) is 0 Å². The molecule has 1 aliphatic heterocycles. The third-order valence-corrected chi connectivity index (χ3v) is 6.08. The number of hydrogen-bond donors (Lipinski definition) is 3. The van der Waals surface area contributed by atoms with Gasteiger partial charge in [-0.2, -0.15) is 4.98 Å². The number of imidazole rings is 1. The van der Waals surface area contributed by atoms with Crippen molar-refractivity contribution in [1.82, 2.24) is 20.3 Å². The van der Waals surface area contributed by atoms with E-state index in [9.17, 15) is 4.39 Å². The fourth-order valence-corrected chi connectivity index (χ4v) is 4.39. The molecule has 8 heteroatoms. The summed E-state index contributed by atoms with van der Waals surface area (Å²) in [4.78, 5) is 12.0. The van der Waals surface area contributed by atoms with E-state index in [4.69, 9.17) is 16.0 Å². The molecule has 0 amide bonds. The van der Waals surface area contributed by atoms with Crippen LogP contribution in [0, 0.1) is 5.82 Å². The molecule has 164 valence electrons. The molecule has 0 unspecified atom stereocenters. The quantitative estimate of drug-likeness (QED) is 0.304. The lowest BCUT2D eigenvalue weighted by Gasteiger charge is -2.17. The molecule has 6 nitrogen and oxygen atoms in total. The van der Waals surface area contributed by atoms with Gasteiger partial charge in [-0.1, -0.05) is 17.7 Å². The number of rotatable bonds is 4. The van der Waals surface area contributed by atoms with Crippen LogP contribution < -0.4 is 10.6 Å². The molecule has 0 fully saturated rings. The predicted molar refractivity (Wildman–Crippen MR) is 127 cm³/mol. The molecular weight excluding hydrogens is 441 g/mol. The van der Waals surface area contributed by atoms with Crippen molar-refractivity contribution in [3.05, 3.63) is 82.9 Å². The highest BCUT2D eigenvalue weighted by atomic mass is 35.5. The third-order valence-electron chi connectivity index (χ3n) is 5.84. The van der Waals surface area contributed by atoms with Crippen LogP contribution in [0.3, 0.4) is 0 Å². The summed E-state index contributed by atoms with van der Waals surface area (Å²) in [5.74, 6) is -0.376. The van der Waals surface area contributed by atoms with Crippen molar-refractivity contribution in [2.24, 2.45) is 0 Å². The molecule has 0 bridgehead atoms. The van der Waals surface area contributed by atoms with Crippen molar-refractivity contribution < 1.29 is 8.81 Å². The molecule has 0 atom stereocenters. The molecule has 6 rings (SSSR count). The van der Waals surface area contributed by atoms with Crippen LogP contribution in [0.4, 0.5) is 16.1 Å². The largest absolute Gasteiger partial charge is 0.423 e. The topological polar surface area (TPSA) is 78.8 Å². The summed E-state index contributed by atoms with van der Waals surface area (Å²) >= 11 is 6.08. The molecular formula is C25H19ClFN5O. The van der Waals surface area contributed by atoms with Crippen molar-refractivity contribution in [1.29, 1.82) is 0 Å². The number of H-pyrrole nitrogens is 1. The number of aromatic amines is 1. The van der Waals surface area contributed by atoms with Crippen LogP contribution in [-0.4, -0.2) is 21.5 Å². The molecule has 3 heterocycles. The maximum Gasteiger partial charge on any atom is 0.300 e. The van der Waals surface area contributed by atoms with Crippen molar-refractivity contribution >= 4 is 34.4 Å². The Morgan fingerprint density at radius 3 is 2.91 bits per heavy atom. The average Bonchev–Trinajstić information content (AvgIpc) is 3.46. The summed E-state index contributed by atoms with van der Waals surface area (Å²) in [6.45, 7) is 1.87. The fraction of sp³-hybridized carbons (Fsp3) is 0.120. The molecule has 1 aliphatic rings. The first-order valence-corrected chi connectivity index (χ1v) is 11.0. The summed E-state index contributed by atoms with van der Waals surface area (Å²) in [6, 6.07) is 16.8. The standard InChI is InChI=1S/C25H19ClFN5O/c26-17-3-5-20(27)19(11-17)24-23(29-13-30-24)15-2-6-22-21(10-15)32-25(33-22)31-18-4-1-14-7-8-28-12-16(14)9-18/h1-6,9-11,13,28H,7-8,12H2,(H,29,30)(H,31,32). The Bertz CT molecular complexity index is 1490. The Labute approximate surface area is 193 Å². The average molecular weight is 460 g/mol. The Kier molecular flexibility index (Phi) is 4.86. The van der Waals surface area contributed by atoms with Crippen LogP contribution in [0.2, 0.25) is 5.02 Å². The van der Waals surface area contributed by atoms with E-state index >= 15 is 0 Å². The van der Waals surface area contributed by atoms with Gasteiger partial charge in [-0.25, -0.2) is 9.37 Å². The van der Waals surface area contributed by atoms with Gasteiger partial charge in [-0.3, -0.25) is 0 Å². The zero-order valence-corrected chi connectivity index (χ0v) is 18.2. The Morgan fingerprint density at radius 1 is 1.03 bits per heavy atom. The number of hydrogen-bond acceptors (Lipinski definition) is 5. The molecule has 0 saturated heterocycles. The molecule has 3 N–H and O–H groups in total. The van der Waals surface area contributed by atoms with Gasteiger partial charge < -0.3 is 20.0 Å². The van der Waals surface area contributed by atoms with E-state index < -0.39 is 0 Å². The van der Waals surface area contributed by atoms with E-state index in [0.29, 0.717) is 39.1 Å².